The van der Waals surface area contributed by atoms with Crippen LogP contribution in [0, 0.1) is 6.92 Å². The molecule has 1 saturated heterocycles. The Kier molecular flexibility index (Phi) is 5.19. The van der Waals surface area contributed by atoms with Gasteiger partial charge in [-0.05, 0) is 20.3 Å². The van der Waals surface area contributed by atoms with E-state index >= 15 is 0 Å². The van der Waals surface area contributed by atoms with Crippen molar-refractivity contribution in [3.8, 4) is 0 Å². The van der Waals surface area contributed by atoms with Gasteiger partial charge in [-0.25, -0.2) is 4.79 Å². The fraction of sp³-hybridized carbons (Fsp3) is 0.714. The Balaban J connectivity index is 1.85. The molecule has 0 bridgehead atoms. The number of rotatable bonds is 5. The van der Waals surface area contributed by atoms with Crippen molar-refractivity contribution in [1.82, 2.24) is 15.4 Å². The van der Waals surface area contributed by atoms with Crippen LogP contribution in [0.3, 0.4) is 0 Å². The summed E-state index contributed by atoms with van der Waals surface area (Å²) in [6, 6.07) is 1.41. The molecule has 118 valence electrons. The number of ether oxygens (including phenoxy) is 1. The van der Waals surface area contributed by atoms with Crippen LogP contribution in [0.2, 0.25) is 0 Å². The quantitative estimate of drug-likeness (QED) is 0.863. The fourth-order valence-corrected chi connectivity index (χ4v) is 2.42. The molecule has 1 aliphatic rings. The molecule has 0 aliphatic carbocycles. The smallest absolute Gasteiger partial charge is 0.320 e. The van der Waals surface area contributed by atoms with Gasteiger partial charge in [0.25, 0.3) is 0 Å². The monoisotopic (exact) mass is 296 g/mol. The first-order valence-electron chi connectivity index (χ1n) is 7.34. The normalized spacial score (nSPS) is 19.0. The first-order valence-corrected chi connectivity index (χ1v) is 7.34. The molecule has 0 spiro atoms. The average Bonchev–Trinajstić information content (AvgIpc) is 2.91. The summed E-state index contributed by atoms with van der Waals surface area (Å²) < 4.78 is 10.3. The largest absolute Gasteiger partial charge is 0.379 e. The number of aryl methyl sites for hydroxylation is 1. The number of amides is 2. The van der Waals surface area contributed by atoms with Crippen molar-refractivity contribution in [2.24, 2.45) is 0 Å². The summed E-state index contributed by atoms with van der Waals surface area (Å²) in [4.78, 5) is 14.3. The molecule has 2 amide bonds. The van der Waals surface area contributed by atoms with Gasteiger partial charge in [0.15, 0.2) is 5.82 Å². The van der Waals surface area contributed by atoms with Crippen LogP contribution >= 0.6 is 0 Å². The van der Waals surface area contributed by atoms with E-state index in [-0.39, 0.29) is 11.6 Å². The number of hydrogen-bond acceptors (Lipinski definition) is 5. The Morgan fingerprint density at radius 1 is 1.48 bits per heavy atom. The Hall–Kier alpha value is -1.60. The van der Waals surface area contributed by atoms with E-state index in [2.05, 4.69) is 34.5 Å². The molecule has 1 aromatic heterocycles. The van der Waals surface area contributed by atoms with Gasteiger partial charge >= 0.3 is 6.03 Å². The van der Waals surface area contributed by atoms with E-state index in [4.69, 9.17) is 9.26 Å². The van der Waals surface area contributed by atoms with E-state index in [1.54, 1.807) is 13.0 Å². The lowest BCUT2D eigenvalue weighted by atomic mass is 9.95. The number of aromatic nitrogens is 1. The lowest BCUT2D eigenvalue weighted by Crippen LogP contribution is -2.57. The zero-order valence-electron chi connectivity index (χ0n) is 12.9. The topological polar surface area (TPSA) is 79.6 Å². The molecule has 1 fully saturated rings. The second-order valence-corrected chi connectivity index (χ2v) is 5.58. The van der Waals surface area contributed by atoms with Crippen LogP contribution in [-0.2, 0) is 4.74 Å². The van der Waals surface area contributed by atoms with Crippen LogP contribution in [0.4, 0.5) is 10.6 Å². The van der Waals surface area contributed by atoms with Crippen LogP contribution < -0.4 is 10.6 Å². The highest BCUT2D eigenvalue weighted by atomic mass is 16.5. The average molecular weight is 296 g/mol. The highest BCUT2D eigenvalue weighted by Gasteiger charge is 2.31. The van der Waals surface area contributed by atoms with Gasteiger partial charge in [-0.3, -0.25) is 10.2 Å². The predicted molar refractivity (Wildman–Crippen MR) is 79.3 cm³/mol. The van der Waals surface area contributed by atoms with Gasteiger partial charge < -0.3 is 14.6 Å². The molecule has 7 heteroatoms. The minimum Gasteiger partial charge on any atom is -0.379 e. The van der Waals surface area contributed by atoms with Crippen molar-refractivity contribution in [2.45, 2.75) is 32.7 Å². The van der Waals surface area contributed by atoms with Crippen molar-refractivity contribution >= 4 is 11.8 Å². The molecule has 1 aromatic rings. The Morgan fingerprint density at radius 3 is 2.76 bits per heavy atom. The Morgan fingerprint density at radius 2 is 2.19 bits per heavy atom. The number of urea groups is 1. The highest BCUT2D eigenvalue weighted by Crippen LogP contribution is 2.20. The van der Waals surface area contributed by atoms with Gasteiger partial charge in [0.05, 0.1) is 13.2 Å². The second kappa shape index (κ2) is 6.91. The van der Waals surface area contributed by atoms with Crippen molar-refractivity contribution < 1.29 is 14.1 Å². The summed E-state index contributed by atoms with van der Waals surface area (Å²) in [5.41, 5.74) is -0.0686. The molecule has 0 aromatic carbocycles. The molecule has 1 aliphatic heterocycles. The third-order valence-electron chi connectivity index (χ3n) is 4.04. The van der Waals surface area contributed by atoms with Crippen LogP contribution in [0.5, 0.6) is 0 Å². The number of nitrogens with one attached hydrogen (secondary N) is 2. The maximum absolute atomic E-state index is 11.9. The molecule has 2 rings (SSSR count). The fourth-order valence-electron chi connectivity index (χ4n) is 2.42. The summed E-state index contributed by atoms with van der Waals surface area (Å²) in [5.74, 6) is 1.09. The highest BCUT2D eigenvalue weighted by molar-refractivity contribution is 5.88. The second-order valence-electron chi connectivity index (χ2n) is 5.58. The van der Waals surface area contributed by atoms with E-state index in [1.165, 1.54) is 0 Å². The van der Waals surface area contributed by atoms with E-state index in [0.717, 1.165) is 32.7 Å². The Bertz CT molecular complexity index is 471. The third kappa shape index (κ3) is 4.18. The number of carbonyl (C=O) groups is 1. The van der Waals surface area contributed by atoms with Crippen LogP contribution in [0.1, 0.15) is 26.0 Å². The minimum atomic E-state index is -0.267. The number of hydrogen-bond donors (Lipinski definition) is 2. The first kappa shape index (κ1) is 15.8. The summed E-state index contributed by atoms with van der Waals surface area (Å²) in [6.45, 7) is 9.95. The van der Waals surface area contributed by atoms with E-state index in [1.807, 2.05) is 0 Å². The van der Waals surface area contributed by atoms with Crippen molar-refractivity contribution in [3.63, 3.8) is 0 Å². The molecule has 21 heavy (non-hydrogen) atoms. The summed E-state index contributed by atoms with van der Waals surface area (Å²) in [6.07, 6.45) is 0.955. The van der Waals surface area contributed by atoms with Gasteiger partial charge in [0.2, 0.25) is 0 Å². The first-order chi connectivity index (χ1) is 10.0. The predicted octanol–water partition coefficient (Wildman–Crippen LogP) is 1.61. The Labute approximate surface area is 125 Å². The van der Waals surface area contributed by atoms with Crippen LogP contribution in [0.15, 0.2) is 10.6 Å². The van der Waals surface area contributed by atoms with Crippen LogP contribution in [-0.4, -0.2) is 54.5 Å². The lowest BCUT2D eigenvalue weighted by molar-refractivity contribution is -0.0163. The molecule has 0 saturated carbocycles. The summed E-state index contributed by atoms with van der Waals surface area (Å²) in [5, 5.41) is 9.32. The maximum Gasteiger partial charge on any atom is 0.320 e. The van der Waals surface area contributed by atoms with Gasteiger partial charge in [-0.1, -0.05) is 12.1 Å². The minimum absolute atomic E-state index is 0.0686. The van der Waals surface area contributed by atoms with Crippen LogP contribution in [0.25, 0.3) is 0 Å². The molecule has 0 radical (unpaired) electrons. The standard InChI is InChI=1S/C14H24N4O3/c1-4-14(3,18-5-7-20-8-6-18)10-15-13(19)16-12-9-11(2)21-17-12/h9H,4-8,10H2,1-3H3,(H2,15,16,17,19). The van der Waals surface area contributed by atoms with Crippen molar-refractivity contribution in [2.75, 3.05) is 38.2 Å². The summed E-state index contributed by atoms with van der Waals surface area (Å²) >= 11 is 0. The lowest BCUT2D eigenvalue weighted by Gasteiger charge is -2.42. The van der Waals surface area contributed by atoms with Crippen molar-refractivity contribution in [1.29, 1.82) is 0 Å². The number of carbonyl (C=O) groups excluding carboxylic acids is 1. The van der Waals surface area contributed by atoms with Gasteiger partial charge in [-0.2, -0.15) is 0 Å². The maximum atomic E-state index is 11.9. The molecule has 2 heterocycles. The SMILES string of the molecule is CCC(C)(CNC(=O)Nc1cc(C)on1)N1CCOCC1. The van der Waals surface area contributed by atoms with E-state index in [9.17, 15) is 4.79 Å². The molecular weight excluding hydrogens is 272 g/mol. The number of morpholine rings is 1. The molecule has 1 unspecified atom stereocenters. The molecule has 1 atom stereocenters. The van der Waals surface area contributed by atoms with Crippen molar-refractivity contribution in [3.05, 3.63) is 11.8 Å². The van der Waals surface area contributed by atoms with Gasteiger partial charge in [0, 0.05) is 31.2 Å². The number of anilines is 1. The third-order valence-corrected chi connectivity index (χ3v) is 4.04. The zero-order chi connectivity index (χ0) is 15.3. The van der Waals surface area contributed by atoms with E-state index in [0.29, 0.717) is 18.1 Å². The van der Waals surface area contributed by atoms with Gasteiger partial charge in [0.1, 0.15) is 5.76 Å². The zero-order valence-corrected chi connectivity index (χ0v) is 12.9. The van der Waals surface area contributed by atoms with E-state index < -0.39 is 0 Å². The molecule has 2 N–H and O–H groups in total. The number of nitrogens with zero attached hydrogens (tertiary/aromatic N) is 2. The van der Waals surface area contributed by atoms with Gasteiger partial charge in [-0.15, -0.1) is 0 Å². The molecular formula is C14H24N4O3. The summed E-state index contributed by atoms with van der Waals surface area (Å²) in [7, 11) is 0. The molecule has 7 nitrogen and oxygen atoms in total.